The second kappa shape index (κ2) is 3.89. The van der Waals surface area contributed by atoms with E-state index in [4.69, 9.17) is 16.7 Å². The van der Waals surface area contributed by atoms with Crippen LogP contribution in [0.1, 0.15) is 6.42 Å². The number of aromatic nitrogens is 4. The maximum atomic E-state index is 8.71. The van der Waals surface area contributed by atoms with E-state index in [1.165, 1.54) is 6.33 Å². The summed E-state index contributed by atoms with van der Waals surface area (Å²) in [5, 5.41) is 9.10. The van der Waals surface area contributed by atoms with Gasteiger partial charge in [-0.2, -0.15) is 0 Å². The Balaban J connectivity index is 2.45. The van der Waals surface area contributed by atoms with Crippen LogP contribution in [-0.2, 0) is 6.54 Å². The number of aliphatic hydroxyl groups excluding tert-OH is 1. The Labute approximate surface area is 85.4 Å². The van der Waals surface area contributed by atoms with Gasteiger partial charge in [0, 0.05) is 13.2 Å². The van der Waals surface area contributed by atoms with Crippen molar-refractivity contribution in [2.24, 2.45) is 0 Å². The first-order valence-electron chi connectivity index (χ1n) is 4.25. The van der Waals surface area contributed by atoms with Gasteiger partial charge >= 0.3 is 0 Å². The normalized spacial score (nSPS) is 11.0. The molecule has 2 rings (SSSR count). The zero-order valence-electron chi connectivity index (χ0n) is 7.39. The predicted molar refractivity (Wildman–Crippen MR) is 52.0 cm³/mol. The van der Waals surface area contributed by atoms with Gasteiger partial charge in [-0.15, -0.1) is 0 Å². The fraction of sp³-hybridized carbons (Fsp3) is 0.375. The third-order valence-corrected chi connectivity index (χ3v) is 2.20. The summed E-state index contributed by atoms with van der Waals surface area (Å²) < 4.78 is 1.84. The van der Waals surface area contributed by atoms with E-state index in [1.54, 1.807) is 6.33 Å². The molecule has 0 aliphatic heterocycles. The minimum atomic E-state index is 0.144. The van der Waals surface area contributed by atoms with Crippen LogP contribution in [0.2, 0.25) is 5.15 Å². The van der Waals surface area contributed by atoms with E-state index in [0.717, 1.165) is 5.52 Å². The fourth-order valence-electron chi connectivity index (χ4n) is 1.28. The summed E-state index contributed by atoms with van der Waals surface area (Å²) in [6.07, 6.45) is 3.70. The van der Waals surface area contributed by atoms with Gasteiger partial charge in [0.1, 0.15) is 11.8 Å². The van der Waals surface area contributed by atoms with Gasteiger partial charge in [-0.1, -0.05) is 11.6 Å². The van der Waals surface area contributed by atoms with Crippen molar-refractivity contribution < 1.29 is 5.11 Å². The number of aryl methyl sites for hydroxylation is 1. The number of rotatable bonds is 3. The van der Waals surface area contributed by atoms with Crippen molar-refractivity contribution in [1.29, 1.82) is 0 Å². The van der Waals surface area contributed by atoms with Crippen molar-refractivity contribution in [2.45, 2.75) is 13.0 Å². The molecule has 5 nitrogen and oxygen atoms in total. The lowest BCUT2D eigenvalue weighted by Gasteiger charge is -2.01. The number of fused-ring (bicyclic) bond motifs is 1. The predicted octanol–water partition coefficient (Wildman–Crippen LogP) is 0.862. The van der Waals surface area contributed by atoms with E-state index in [2.05, 4.69) is 15.0 Å². The van der Waals surface area contributed by atoms with Gasteiger partial charge in [-0.25, -0.2) is 15.0 Å². The molecule has 0 aliphatic carbocycles. The van der Waals surface area contributed by atoms with E-state index in [9.17, 15) is 0 Å². The van der Waals surface area contributed by atoms with Gasteiger partial charge in [-0.3, -0.25) is 0 Å². The van der Waals surface area contributed by atoms with E-state index >= 15 is 0 Å². The smallest absolute Gasteiger partial charge is 0.182 e. The summed E-state index contributed by atoms with van der Waals surface area (Å²) in [6, 6.07) is 0. The van der Waals surface area contributed by atoms with E-state index in [1.807, 2.05) is 4.57 Å². The number of hydrogen-bond acceptors (Lipinski definition) is 4. The third-order valence-electron chi connectivity index (χ3n) is 1.92. The largest absolute Gasteiger partial charge is 0.396 e. The van der Waals surface area contributed by atoms with Crippen LogP contribution in [0.4, 0.5) is 0 Å². The summed E-state index contributed by atoms with van der Waals surface area (Å²) in [6.45, 7) is 0.811. The minimum absolute atomic E-state index is 0.144. The number of halogens is 1. The molecule has 0 bridgehead atoms. The maximum absolute atomic E-state index is 8.71. The molecule has 0 unspecified atom stereocenters. The molecule has 2 heterocycles. The molecule has 1 N–H and O–H groups in total. The molecule has 2 aromatic heterocycles. The lowest BCUT2D eigenvalue weighted by molar-refractivity contribution is 0.280. The van der Waals surface area contributed by atoms with Crippen LogP contribution in [0.25, 0.3) is 11.2 Å². The van der Waals surface area contributed by atoms with Crippen LogP contribution >= 0.6 is 11.6 Å². The van der Waals surface area contributed by atoms with Crippen molar-refractivity contribution in [3.05, 3.63) is 17.8 Å². The number of imidazole rings is 1. The molecule has 0 fully saturated rings. The highest BCUT2D eigenvalue weighted by Gasteiger charge is 2.07. The molecule has 6 heteroatoms. The molecule has 2 aromatic rings. The Morgan fingerprint density at radius 1 is 1.36 bits per heavy atom. The molecule has 0 radical (unpaired) electrons. The Kier molecular flexibility index (Phi) is 2.60. The first-order valence-corrected chi connectivity index (χ1v) is 4.63. The minimum Gasteiger partial charge on any atom is -0.396 e. The fourth-order valence-corrected chi connectivity index (χ4v) is 1.52. The highest BCUT2D eigenvalue weighted by atomic mass is 35.5. The Morgan fingerprint density at radius 3 is 3.00 bits per heavy atom. The van der Waals surface area contributed by atoms with Crippen molar-refractivity contribution in [3.63, 3.8) is 0 Å². The van der Waals surface area contributed by atoms with Crippen molar-refractivity contribution >= 4 is 22.8 Å². The molecule has 0 aliphatic rings. The van der Waals surface area contributed by atoms with E-state index in [-0.39, 0.29) is 6.61 Å². The van der Waals surface area contributed by atoms with Gasteiger partial charge in [0.25, 0.3) is 0 Å². The summed E-state index contributed by atoms with van der Waals surface area (Å²) in [4.78, 5) is 11.9. The Hall–Kier alpha value is -1.20. The number of aliphatic hydroxyl groups is 1. The SMILES string of the molecule is OCCCn1cnc2ncnc(Cl)c21. The summed E-state index contributed by atoms with van der Waals surface area (Å²) in [5.74, 6) is 0. The van der Waals surface area contributed by atoms with Crippen molar-refractivity contribution in [2.75, 3.05) is 6.61 Å². The highest BCUT2D eigenvalue weighted by molar-refractivity contribution is 6.33. The van der Waals surface area contributed by atoms with Crippen LogP contribution in [-0.4, -0.2) is 31.2 Å². The zero-order chi connectivity index (χ0) is 9.97. The van der Waals surface area contributed by atoms with E-state index in [0.29, 0.717) is 23.8 Å². The molecule has 0 aromatic carbocycles. The van der Waals surface area contributed by atoms with Crippen LogP contribution in [0.15, 0.2) is 12.7 Å². The van der Waals surface area contributed by atoms with Gasteiger partial charge in [0.2, 0.25) is 0 Å². The highest BCUT2D eigenvalue weighted by Crippen LogP contribution is 2.17. The van der Waals surface area contributed by atoms with Crippen molar-refractivity contribution in [3.8, 4) is 0 Å². The monoisotopic (exact) mass is 212 g/mol. The van der Waals surface area contributed by atoms with E-state index < -0.39 is 0 Å². The van der Waals surface area contributed by atoms with Gasteiger partial charge in [-0.05, 0) is 6.42 Å². The molecule has 14 heavy (non-hydrogen) atoms. The molecule has 0 amide bonds. The number of nitrogens with zero attached hydrogens (tertiary/aromatic N) is 4. The van der Waals surface area contributed by atoms with Crippen LogP contribution in [0.5, 0.6) is 0 Å². The molecule has 0 atom stereocenters. The van der Waals surface area contributed by atoms with Crippen LogP contribution < -0.4 is 0 Å². The molecule has 74 valence electrons. The van der Waals surface area contributed by atoms with Gasteiger partial charge in [0.15, 0.2) is 10.8 Å². The Morgan fingerprint density at radius 2 is 2.21 bits per heavy atom. The molecular formula is C8H9ClN4O. The number of hydrogen-bond donors (Lipinski definition) is 1. The second-order valence-corrected chi connectivity index (χ2v) is 3.21. The molecular weight excluding hydrogens is 204 g/mol. The van der Waals surface area contributed by atoms with Gasteiger partial charge < -0.3 is 9.67 Å². The first-order chi connectivity index (χ1) is 6.83. The standard InChI is InChI=1S/C8H9ClN4O/c9-7-6-8(11-4-10-7)12-5-13(6)2-1-3-14/h4-5,14H,1-3H2. The van der Waals surface area contributed by atoms with Crippen molar-refractivity contribution in [1.82, 2.24) is 19.5 Å². The quantitative estimate of drug-likeness (QED) is 0.767. The Bertz CT molecular complexity index is 442. The lowest BCUT2D eigenvalue weighted by Crippen LogP contribution is -1.99. The molecule has 0 saturated carbocycles. The molecule has 0 saturated heterocycles. The topological polar surface area (TPSA) is 63.8 Å². The maximum Gasteiger partial charge on any atom is 0.182 e. The summed E-state index contributed by atoms with van der Waals surface area (Å²) >= 11 is 5.91. The first kappa shape index (κ1) is 9.36. The molecule has 0 spiro atoms. The third kappa shape index (κ3) is 1.56. The average molecular weight is 213 g/mol. The van der Waals surface area contributed by atoms with Crippen LogP contribution in [0, 0.1) is 0 Å². The lowest BCUT2D eigenvalue weighted by atomic mass is 10.4. The summed E-state index contributed by atoms with van der Waals surface area (Å²) in [7, 11) is 0. The summed E-state index contributed by atoms with van der Waals surface area (Å²) in [5.41, 5.74) is 1.31. The van der Waals surface area contributed by atoms with Gasteiger partial charge in [0.05, 0.1) is 6.33 Å². The zero-order valence-corrected chi connectivity index (χ0v) is 8.15. The second-order valence-electron chi connectivity index (χ2n) is 2.85. The average Bonchev–Trinajstić information content (AvgIpc) is 2.59. The van der Waals surface area contributed by atoms with Crippen LogP contribution in [0.3, 0.4) is 0 Å².